The fourth-order valence-corrected chi connectivity index (χ4v) is 6.34. The molecule has 2 bridgehead atoms. The molecule has 2 aliphatic rings. The summed E-state index contributed by atoms with van der Waals surface area (Å²) in [5.41, 5.74) is 9.41. The second kappa shape index (κ2) is 9.07. The van der Waals surface area contributed by atoms with Gasteiger partial charge in [0.2, 0.25) is 5.82 Å². The number of imidazole rings is 1. The van der Waals surface area contributed by atoms with Crippen LogP contribution >= 0.6 is 0 Å². The van der Waals surface area contributed by atoms with Gasteiger partial charge in [0.15, 0.2) is 11.4 Å². The Morgan fingerprint density at radius 1 is 1.12 bits per heavy atom. The molecule has 202 valence electrons. The molecule has 7 rings (SSSR count). The van der Waals surface area contributed by atoms with Crippen LogP contribution < -0.4 is 5.73 Å². The number of halogens is 1. The van der Waals surface area contributed by atoms with Crippen LogP contribution in [-0.2, 0) is 0 Å². The van der Waals surface area contributed by atoms with Gasteiger partial charge in [-0.2, -0.15) is 9.61 Å². The van der Waals surface area contributed by atoms with E-state index in [0.29, 0.717) is 52.3 Å². The molecular formula is C27H25FN10O2. The number of carbonyl (C=O) groups is 2. The number of nitrogens with one attached hydrogen (secondary N) is 2. The number of aromatic nitrogens is 8. The summed E-state index contributed by atoms with van der Waals surface area (Å²) in [6, 6.07) is 4.81. The number of fused-ring (bicyclic) bond motifs is 3. The van der Waals surface area contributed by atoms with Crippen LogP contribution in [0.2, 0.25) is 0 Å². The maximum Gasteiger partial charge on any atom is 0.292 e. The highest BCUT2D eigenvalue weighted by Crippen LogP contribution is 2.45. The standard InChI is InChI=1S/C27H25FN10O2/c1-13(39)21-22(15-8-16-3-4-17(9-15)37(16)27(40)25-32-12-33-36-25)35-26-19(11-34-38(26)23(21)29)14-2-5-18(20(28)10-14)24-30-6-7-31-24/h2,5-7,10-12,15-17H,3-4,8-9,29H2,1H3,(H,30,31)(H,32,33,36)/t15?,16-,17+. The number of nitrogen functional groups attached to an aromatic ring is 1. The highest BCUT2D eigenvalue weighted by atomic mass is 19.1. The normalized spacial score (nSPS) is 20.4. The van der Waals surface area contributed by atoms with Crippen LogP contribution in [0, 0.1) is 5.82 Å². The van der Waals surface area contributed by atoms with Crippen molar-refractivity contribution >= 4 is 23.2 Å². The molecule has 0 saturated carbocycles. The fourth-order valence-electron chi connectivity index (χ4n) is 6.34. The highest BCUT2D eigenvalue weighted by molar-refractivity contribution is 6.00. The lowest BCUT2D eigenvalue weighted by Gasteiger charge is -2.38. The van der Waals surface area contributed by atoms with Crippen molar-refractivity contribution in [1.82, 2.24) is 44.6 Å². The Hall–Kier alpha value is -4.94. The summed E-state index contributed by atoms with van der Waals surface area (Å²) in [6.45, 7) is 1.47. The Kier molecular flexibility index (Phi) is 5.47. The van der Waals surface area contributed by atoms with E-state index in [1.807, 2.05) is 4.90 Å². The van der Waals surface area contributed by atoms with Gasteiger partial charge in [0, 0.05) is 36.0 Å². The van der Waals surface area contributed by atoms with E-state index in [9.17, 15) is 9.59 Å². The Morgan fingerprint density at radius 2 is 1.93 bits per heavy atom. The van der Waals surface area contributed by atoms with Gasteiger partial charge in [0.1, 0.15) is 23.8 Å². The van der Waals surface area contributed by atoms with Crippen molar-refractivity contribution in [1.29, 1.82) is 0 Å². The molecule has 40 heavy (non-hydrogen) atoms. The molecule has 0 radical (unpaired) electrons. The molecule has 4 aromatic heterocycles. The third-order valence-corrected chi connectivity index (χ3v) is 8.07. The van der Waals surface area contributed by atoms with Crippen molar-refractivity contribution < 1.29 is 14.0 Å². The third-order valence-electron chi connectivity index (χ3n) is 8.07. The number of hydrogen-bond acceptors (Lipinski definition) is 8. The molecule has 2 saturated heterocycles. The molecule has 3 atom stereocenters. The molecule has 2 fully saturated rings. The number of H-pyrrole nitrogens is 2. The summed E-state index contributed by atoms with van der Waals surface area (Å²) in [4.78, 5) is 42.7. The van der Waals surface area contributed by atoms with Gasteiger partial charge in [-0.15, -0.1) is 10.2 Å². The average molecular weight is 541 g/mol. The van der Waals surface area contributed by atoms with E-state index in [1.165, 1.54) is 23.8 Å². The SMILES string of the molecule is CC(=O)c1c(C2C[C@H]3CC[C@@H](C2)N3C(=O)c2nnc[nH]2)nc2c(-c3ccc(-c4ncc[nH]4)c(F)c3)cnn2c1N. The Balaban J connectivity index is 1.28. The maximum absolute atomic E-state index is 15.1. The average Bonchev–Trinajstić information content (AvgIpc) is 3.75. The number of carbonyl (C=O) groups excluding carboxylic acids is 2. The van der Waals surface area contributed by atoms with E-state index in [0.717, 1.165) is 12.8 Å². The van der Waals surface area contributed by atoms with Crippen molar-refractivity contribution in [2.75, 3.05) is 5.73 Å². The minimum atomic E-state index is -0.444. The second-order valence-corrected chi connectivity index (χ2v) is 10.3. The first-order chi connectivity index (χ1) is 19.4. The number of Topliss-reactive ketones (excluding diaryl/α,β-unsaturated/α-hetero) is 1. The largest absolute Gasteiger partial charge is 0.383 e. The Bertz CT molecular complexity index is 1750. The van der Waals surface area contributed by atoms with Gasteiger partial charge in [-0.3, -0.25) is 9.59 Å². The number of amides is 1. The van der Waals surface area contributed by atoms with E-state index in [4.69, 9.17) is 10.7 Å². The fraction of sp³-hybridized carbons (Fsp3) is 0.296. The number of aromatic amines is 2. The van der Waals surface area contributed by atoms with Gasteiger partial charge in [-0.25, -0.2) is 14.4 Å². The lowest BCUT2D eigenvalue weighted by atomic mass is 9.85. The molecule has 6 heterocycles. The summed E-state index contributed by atoms with van der Waals surface area (Å²) in [5, 5.41) is 12.0. The van der Waals surface area contributed by atoms with E-state index in [1.54, 1.807) is 30.7 Å². The zero-order valence-corrected chi connectivity index (χ0v) is 21.5. The van der Waals surface area contributed by atoms with Crippen LogP contribution in [0.5, 0.6) is 0 Å². The van der Waals surface area contributed by atoms with Crippen molar-refractivity contribution in [2.24, 2.45) is 0 Å². The van der Waals surface area contributed by atoms with Gasteiger partial charge in [0.25, 0.3) is 5.91 Å². The number of ketones is 1. The van der Waals surface area contributed by atoms with Gasteiger partial charge in [0.05, 0.1) is 23.0 Å². The Labute approximate surface area is 226 Å². The number of piperidine rings is 1. The first-order valence-electron chi connectivity index (χ1n) is 13.1. The maximum atomic E-state index is 15.1. The van der Waals surface area contributed by atoms with Crippen LogP contribution in [0.3, 0.4) is 0 Å². The molecule has 13 heteroatoms. The molecule has 1 amide bonds. The number of nitrogens with zero attached hydrogens (tertiary/aromatic N) is 7. The Morgan fingerprint density at radius 3 is 2.58 bits per heavy atom. The highest BCUT2D eigenvalue weighted by Gasteiger charge is 2.45. The van der Waals surface area contributed by atoms with Crippen LogP contribution in [0.1, 0.15) is 65.2 Å². The summed E-state index contributed by atoms with van der Waals surface area (Å²) < 4.78 is 16.5. The van der Waals surface area contributed by atoms with E-state index >= 15 is 4.39 Å². The summed E-state index contributed by atoms with van der Waals surface area (Å²) in [7, 11) is 0. The van der Waals surface area contributed by atoms with Crippen molar-refractivity contribution in [3.8, 4) is 22.5 Å². The molecule has 2 aliphatic heterocycles. The molecule has 4 N–H and O–H groups in total. The second-order valence-electron chi connectivity index (χ2n) is 10.3. The van der Waals surface area contributed by atoms with Gasteiger partial charge >= 0.3 is 0 Å². The summed E-state index contributed by atoms with van der Waals surface area (Å²) in [5.74, 6) is -0.0697. The van der Waals surface area contributed by atoms with Crippen molar-refractivity contribution in [3.05, 3.63) is 66.0 Å². The van der Waals surface area contributed by atoms with E-state index < -0.39 is 5.82 Å². The third kappa shape index (κ3) is 3.68. The van der Waals surface area contributed by atoms with Crippen LogP contribution in [-0.4, -0.2) is 68.4 Å². The molecule has 12 nitrogen and oxygen atoms in total. The zero-order valence-electron chi connectivity index (χ0n) is 21.5. The number of nitrogens with two attached hydrogens (primary N) is 1. The first kappa shape index (κ1) is 24.1. The molecule has 5 aromatic rings. The monoisotopic (exact) mass is 540 g/mol. The predicted molar refractivity (Wildman–Crippen MR) is 142 cm³/mol. The van der Waals surface area contributed by atoms with Crippen LogP contribution in [0.25, 0.3) is 28.2 Å². The van der Waals surface area contributed by atoms with E-state index in [2.05, 4.69) is 30.2 Å². The molecular weight excluding hydrogens is 515 g/mol. The minimum Gasteiger partial charge on any atom is -0.383 e. The van der Waals surface area contributed by atoms with Crippen molar-refractivity contribution in [2.45, 2.75) is 50.6 Å². The number of anilines is 1. The molecule has 1 unspecified atom stereocenters. The number of benzene rings is 1. The minimum absolute atomic E-state index is 0.0203. The quantitative estimate of drug-likeness (QED) is 0.286. The van der Waals surface area contributed by atoms with E-state index in [-0.39, 0.29) is 41.3 Å². The van der Waals surface area contributed by atoms with Crippen LogP contribution in [0.4, 0.5) is 10.2 Å². The van der Waals surface area contributed by atoms with Gasteiger partial charge in [-0.05, 0) is 50.3 Å². The first-order valence-corrected chi connectivity index (χ1v) is 13.1. The predicted octanol–water partition coefficient (Wildman–Crippen LogP) is 3.38. The zero-order chi connectivity index (χ0) is 27.5. The smallest absolute Gasteiger partial charge is 0.292 e. The number of rotatable bonds is 5. The molecule has 1 aromatic carbocycles. The molecule has 0 spiro atoms. The summed E-state index contributed by atoms with van der Waals surface area (Å²) in [6.07, 6.45) is 9.15. The van der Waals surface area contributed by atoms with Gasteiger partial charge < -0.3 is 20.6 Å². The van der Waals surface area contributed by atoms with Crippen molar-refractivity contribution in [3.63, 3.8) is 0 Å². The topological polar surface area (TPSA) is 164 Å². The van der Waals surface area contributed by atoms with Gasteiger partial charge in [-0.1, -0.05) is 6.07 Å². The number of hydrogen-bond donors (Lipinski definition) is 3. The summed E-state index contributed by atoms with van der Waals surface area (Å²) >= 11 is 0. The lowest BCUT2D eigenvalue weighted by molar-refractivity contribution is 0.0556. The molecule has 0 aliphatic carbocycles. The lowest BCUT2D eigenvalue weighted by Crippen LogP contribution is -2.46. The van der Waals surface area contributed by atoms with Crippen LogP contribution in [0.15, 0.2) is 43.1 Å².